The maximum Gasteiger partial charge on any atom is 0.449 e. The normalized spacial score (nSPS) is 20.7. The molecule has 4 rings (SSSR count). The number of carbonyl (C=O) groups excluding carboxylic acids is 2. The monoisotopic (exact) mass is 531 g/mol. The second-order valence-electron chi connectivity index (χ2n) is 10.2. The van der Waals surface area contributed by atoms with E-state index in [1.807, 2.05) is 32.9 Å². The van der Waals surface area contributed by atoms with Crippen LogP contribution in [-0.4, -0.2) is 83.2 Å². The molecule has 0 saturated carbocycles. The van der Waals surface area contributed by atoms with Crippen LogP contribution in [0.3, 0.4) is 0 Å². The number of carbonyl (C=O) groups is 2. The second kappa shape index (κ2) is 10.6. The lowest BCUT2D eigenvalue weighted by Crippen LogP contribution is -2.58. The lowest BCUT2D eigenvalue weighted by atomic mass is 9.85. The van der Waals surface area contributed by atoms with E-state index < -0.39 is 17.8 Å². The molecule has 12 heteroatoms. The van der Waals surface area contributed by atoms with Crippen LogP contribution in [0.15, 0.2) is 30.5 Å². The van der Waals surface area contributed by atoms with Gasteiger partial charge < -0.3 is 20.0 Å². The van der Waals surface area contributed by atoms with E-state index in [4.69, 9.17) is 10.8 Å². The molecular weight excluding hydrogens is 499 g/mol. The Morgan fingerprint density at radius 3 is 2.53 bits per heavy atom. The van der Waals surface area contributed by atoms with Gasteiger partial charge in [-0.25, -0.2) is 0 Å². The number of aromatic nitrogens is 1. The maximum absolute atomic E-state index is 13.3. The Morgan fingerprint density at radius 2 is 1.89 bits per heavy atom. The molecule has 9 nitrogen and oxygen atoms in total. The summed E-state index contributed by atoms with van der Waals surface area (Å²) < 4.78 is 38.7. The molecule has 3 N–H and O–H groups in total. The highest BCUT2D eigenvalue weighted by atomic mass is 19.4. The van der Waals surface area contributed by atoms with Crippen molar-refractivity contribution in [2.24, 2.45) is 11.8 Å². The number of benzene rings is 1. The highest BCUT2D eigenvalue weighted by Gasteiger charge is 2.43. The van der Waals surface area contributed by atoms with E-state index in [0.29, 0.717) is 35.5 Å². The Kier molecular flexibility index (Phi) is 7.61. The van der Waals surface area contributed by atoms with Crippen LogP contribution in [0.4, 0.5) is 18.9 Å². The van der Waals surface area contributed by atoms with Crippen molar-refractivity contribution in [2.75, 3.05) is 37.6 Å². The number of hydrogen-bond donors (Lipinski definition) is 3. The standard InChI is InChI=1S/C26H32F3N7O2/c1-15(2)33-23(37)17-4-5-19-20(12-17)32-8-6-21(19)34-9-7-18(16(3)13-34)24(38)35-10-11-36(22(30)14-35)25(31)26(27,28)29/h4-6,8,12,15-16,18,30-31H,7,9-11,13-14H2,1-3H3,(H,33,37)/t16-,18?/m1/s1. The molecule has 3 heterocycles. The molecular formula is C26H32F3N7O2. The lowest BCUT2D eigenvalue weighted by molar-refractivity contribution is -0.137. The number of hydrogen-bond acceptors (Lipinski definition) is 6. The Labute approximate surface area is 219 Å². The first-order chi connectivity index (χ1) is 17.9. The first-order valence-corrected chi connectivity index (χ1v) is 12.6. The first-order valence-electron chi connectivity index (χ1n) is 12.6. The van der Waals surface area contributed by atoms with Gasteiger partial charge in [-0.2, -0.15) is 13.2 Å². The molecule has 2 aliphatic rings. The number of halogens is 3. The van der Waals surface area contributed by atoms with Crippen LogP contribution >= 0.6 is 0 Å². The zero-order valence-corrected chi connectivity index (χ0v) is 21.6. The molecule has 0 aliphatic carbocycles. The number of amidine groups is 2. The molecule has 2 aliphatic heterocycles. The predicted octanol–water partition coefficient (Wildman–Crippen LogP) is 3.50. The van der Waals surface area contributed by atoms with Crippen LogP contribution in [0.25, 0.3) is 10.9 Å². The third-order valence-corrected chi connectivity index (χ3v) is 7.07. The summed E-state index contributed by atoms with van der Waals surface area (Å²) in [6.07, 6.45) is -2.57. The van der Waals surface area contributed by atoms with E-state index in [0.717, 1.165) is 11.1 Å². The Balaban J connectivity index is 1.43. The summed E-state index contributed by atoms with van der Waals surface area (Å²) in [5, 5.41) is 19.1. The van der Waals surface area contributed by atoms with Gasteiger partial charge in [-0.3, -0.25) is 25.4 Å². The van der Waals surface area contributed by atoms with Gasteiger partial charge in [0.25, 0.3) is 5.91 Å². The number of nitrogens with one attached hydrogen (secondary N) is 3. The van der Waals surface area contributed by atoms with Crippen molar-refractivity contribution in [1.29, 1.82) is 10.8 Å². The molecule has 38 heavy (non-hydrogen) atoms. The topological polar surface area (TPSA) is 116 Å². The number of pyridine rings is 1. The van der Waals surface area contributed by atoms with E-state index >= 15 is 0 Å². The molecule has 0 radical (unpaired) electrons. The van der Waals surface area contributed by atoms with Crippen LogP contribution in [0.2, 0.25) is 0 Å². The van der Waals surface area contributed by atoms with Gasteiger partial charge in [0.2, 0.25) is 11.7 Å². The smallest absolute Gasteiger partial charge is 0.371 e. The van der Waals surface area contributed by atoms with Crippen LogP contribution in [-0.2, 0) is 4.79 Å². The minimum atomic E-state index is -4.83. The molecule has 0 bridgehead atoms. The summed E-state index contributed by atoms with van der Waals surface area (Å²) in [6, 6.07) is 7.37. The zero-order chi connectivity index (χ0) is 27.8. The van der Waals surface area contributed by atoms with E-state index in [2.05, 4.69) is 15.2 Å². The molecule has 2 saturated heterocycles. The molecule has 1 aromatic carbocycles. The average Bonchev–Trinajstić information content (AvgIpc) is 2.86. The minimum absolute atomic E-state index is 0.0193. The largest absolute Gasteiger partial charge is 0.449 e. The molecule has 0 spiro atoms. The van der Waals surface area contributed by atoms with Crippen molar-refractivity contribution in [3.63, 3.8) is 0 Å². The summed E-state index contributed by atoms with van der Waals surface area (Å²) in [5.74, 6) is -2.65. The predicted molar refractivity (Wildman–Crippen MR) is 139 cm³/mol. The Bertz CT molecular complexity index is 1260. The third-order valence-electron chi connectivity index (χ3n) is 7.07. The molecule has 1 aromatic heterocycles. The quantitative estimate of drug-likeness (QED) is 0.413. The van der Waals surface area contributed by atoms with Crippen molar-refractivity contribution < 1.29 is 22.8 Å². The molecule has 2 amide bonds. The second-order valence-corrected chi connectivity index (χ2v) is 10.2. The summed E-state index contributed by atoms with van der Waals surface area (Å²) >= 11 is 0. The number of piperazine rings is 1. The van der Waals surface area contributed by atoms with Crippen molar-refractivity contribution >= 4 is 40.1 Å². The SMILES string of the molecule is CC(C)NC(=O)c1ccc2c(N3CCC(C(=O)N4CCN(C(=N)C(F)(F)F)C(=N)C4)[C@H](C)C3)ccnc2c1. The minimum Gasteiger partial charge on any atom is -0.371 e. The van der Waals surface area contributed by atoms with Crippen LogP contribution in [0.1, 0.15) is 37.6 Å². The highest BCUT2D eigenvalue weighted by molar-refractivity contribution is 6.03. The maximum atomic E-state index is 13.3. The van der Waals surface area contributed by atoms with Gasteiger partial charge in [0.05, 0.1) is 12.1 Å². The summed E-state index contributed by atoms with van der Waals surface area (Å²) in [7, 11) is 0. The lowest BCUT2D eigenvalue weighted by Gasteiger charge is -2.42. The highest BCUT2D eigenvalue weighted by Crippen LogP contribution is 2.33. The molecule has 1 unspecified atom stereocenters. The van der Waals surface area contributed by atoms with Gasteiger partial charge >= 0.3 is 6.18 Å². The van der Waals surface area contributed by atoms with Gasteiger partial charge in [0, 0.05) is 61.0 Å². The van der Waals surface area contributed by atoms with Crippen molar-refractivity contribution in [3.05, 3.63) is 36.0 Å². The van der Waals surface area contributed by atoms with Gasteiger partial charge in [0.1, 0.15) is 5.84 Å². The van der Waals surface area contributed by atoms with Gasteiger partial charge in [-0.15, -0.1) is 0 Å². The van der Waals surface area contributed by atoms with E-state index in [1.165, 1.54) is 4.90 Å². The first kappa shape index (κ1) is 27.3. The Hall–Kier alpha value is -3.70. The van der Waals surface area contributed by atoms with Gasteiger partial charge in [-0.1, -0.05) is 6.92 Å². The Morgan fingerprint density at radius 1 is 1.16 bits per heavy atom. The number of anilines is 1. The summed E-state index contributed by atoms with van der Waals surface area (Å²) in [4.78, 5) is 34.4. The van der Waals surface area contributed by atoms with Crippen LogP contribution in [0.5, 0.6) is 0 Å². The van der Waals surface area contributed by atoms with E-state index in [-0.39, 0.29) is 49.3 Å². The van der Waals surface area contributed by atoms with Gasteiger partial charge in [0.15, 0.2) is 0 Å². The number of fused-ring (bicyclic) bond motifs is 1. The van der Waals surface area contributed by atoms with E-state index in [1.54, 1.807) is 18.3 Å². The molecule has 204 valence electrons. The number of alkyl halides is 3. The number of amides is 2. The van der Waals surface area contributed by atoms with Crippen molar-refractivity contribution in [3.8, 4) is 0 Å². The third kappa shape index (κ3) is 5.58. The molecule has 2 fully saturated rings. The van der Waals surface area contributed by atoms with Crippen molar-refractivity contribution in [1.82, 2.24) is 20.1 Å². The summed E-state index contributed by atoms with van der Waals surface area (Å²) in [6.45, 7) is 6.54. The van der Waals surface area contributed by atoms with Crippen molar-refractivity contribution in [2.45, 2.75) is 39.4 Å². The number of nitrogens with zero attached hydrogens (tertiary/aromatic N) is 4. The van der Waals surface area contributed by atoms with Gasteiger partial charge in [-0.05, 0) is 50.5 Å². The zero-order valence-electron chi connectivity index (χ0n) is 21.6. The van der Waals surface area contributed by atoms with Crippen LogP contribution < -0.4 is 10.2 Å². The molecule has 2 atom stereocenters. The number of piperidine rings is 1. The van der Waals surface area contributed by atoms with Crippen LogP contribution in [0, 0.1) is 22.7 Å². The fraction of sp³-hybridized carbons (Fsp3) is 0.500. The van der Waals surface area contributed by atoms with E-state index in [9.17, 15) is 22.8 Å². The average molecular weight is 532 g/mol. The fourth-order valence-corrected chi connectivity index (χ4v) is 5.15. The molecule has 2 aromatic rings. The number of rotatable bonds is 4. The fourth-order valence-electron chi connectivity index (χ4n) is 5.15. The summed E-state index contributed by atoms with van der Waals surface area (Å²) in [5.41, 5.74) is 2.19.